The molecule has 0 bridgehead atoms. The van der Waals surface area contributed by atoms with Gasteiger partial charge in [0.05, 0.1) is 17.8 Å². The second kappa shape index (κ2) is 7.13. The van der Waals surface area contributed by atoms with E-state index in [2.05, 4.69) is 9.84 Å². The van der Waals surface area contributed by atoms with Gasteiger partial charge in [-0.3, -0.25) is 4.68 Å². The molecule has 0 spiro atoms. The quantitative estimate of drug-likeness (QED) is 0.662. The van der Waals surface area contributed by atoms with Crippen LogP contribution in [0, 0.1) is 5.82 Å². The molecule has 26 heavy (non-hydrogen) atoms. The molecular weight excluding hydrogens is 376 g/mol. The van der Waals surface area contributed by atoms with Gasteiger partial charge in [0.25, 0.3) is 0 Å². The summed E-state index contributed by atoms with van der Waals surface area (Å²) in [4.78, 5) is 0. The number of ether oxygens (including phenoxy) is 1. The van der Waals surface area contributed by atoms with Gasteiger partial charge in [0.2, 0.25) is 0 Å². The lowest BCUT2D eigenvalue weighted by atomic mass is 10.1. The Labute approximate surface area is 150 Å². The molecule has 0 atom stereocenters. The second-order valence-electron chi connectivity index (χ2n) is 5.54. The number of rotatable bonds is 5. The van der Waals surface area contributed by atoms with Gasteiger partial charge in [-0.05, 0) is 24.3 Å². The summed E-state index contributed by atoms with van der Waals surface area (Å²) < 4.78 is 56.8. The van der Waals surface area contributed by atoms with Crippen LogP contribution in [0.1, 0.15) is 11.3 Å². The van der Waals surface area contributed by atoms with Gasteiger partial charge >= 0.3 is 6.36 Å². The van der Waals surface area contributed by atoms with Crippen LogP contribution in [0.3, 0.4) is 0 Å². The first-order valence-electron chi connectivity index (χ1n) is 7.57. The predicted octanol–water partition coefficient (Wildman–Crippen LogP) is 4.31. The van der Waals surface area contributed by atoms with Gasteiger partial charge < -0.3 is 9.84 Å². The molecule has 9 heteroatoms. The van der Waals surface area contributed by atoms with E-state index in [-0.39, 0.29) is 30.2 Å². The lowest BCUT2D eigenvalue weighted by Gasteiger charge is -2.10. The monoisotopic (exact) mass is 388 g/mol. The lowest BCUT2D eigenvalue weighted by molar-refractivity contribution is -0.274. The Morgan fingerprint density at radius 2 is 1.92 bits per heavy atom. The minimum atomic E-state index is -4.82. The van der Waals surface area contributed by atoms with E-state index in [9.17, 15) is 17.6 Å². The molecule has 2 aromatic carbocycles. The van der Waals surface area contributed by atoms with E-state index >= 15 is 0 Å². The van der Waals surface area contributed by atoms with Crippen molar-refractivity contribution in [3.05, 3.63) is 58.5 Å². The molecule has 0 fully saturated rings. The van der Waals surface area contributed by atoms with E-state index in [1.54, 1.807) is 0 Å². The van der Waals surface area contributed by atoms with Crippen LogP contribution in [-0.4, -0.2) is 27.9 Å². The number of alkyl halides is 3. The van der Waals surface area contributed by atoms with E-state index in [0.717, 1.165) is 6.07 Å². The van der Waals surface area contributed by atoms with Crippen LogP contribution in [-0.2, 0) is 13.0 Å². The zero-order valence-electron chi connectivity index (χ0n) is 13.2. The van der Waals surface area contributed by atoms with Crippen LogP contribution >= 0.6 is 11.6 Å². The summed E-state index contributed by atoms with van der Waals surface area (Å²) in [6.07, 6.45) is -4.61. The molecule has 0 saturated heterocycles. The highest BCUT2D eigenvalue weighted by atomic mass is 35.5. The molecule has 0 amide bonds. The SMILES string of the molecule is OCCc1nn(Cc2ccc(Cl)cc2F)c2cc(OC(F)(F)F)ccc12. The minimum Gasteiger partial charge on any atom is -0.406 e. The summed E-state index contributed by atoms with van der Waals surface area (Å²) in [7, 11) is 0. The third-order valence-corrected chi connectivity index (χ3v) is 3.95. The van der Waals surface area contributed by atoms with Gasteiger partial charge in [0, 0.05) is 35.1 Å². The topological polar surface area (TPSA) is 47.3 Å². The van der Waals surface area contributed by atoms with Gasteiger partial charge in [-0.1, -0.05) is 17.7 Å². The Morgan fingerprint density at radius 1 is 1.15 bits per heavy atom. The highest BCUT2D eigenvalue weighted by Crippen LogP contribution is 2.29. The fourth-order valence-electron chi connectivity index (χ4n) is 2.64. The van der Waals surface area contributed by atoms with Crippen molar-refractivity contribution in [3.63, 3.8) is 0 Å². The molecule has 0 radical (unpaired) electrons. The molecule has 4 nitrogen and oxygen atoms in total. The first-order chi connectivity index (χ1) is 12.3. The molecule has 1 N–H and O–H groups in total. The normalized spacial score (nSPS) is 11.9. The van der Waals surface area contributed by atoms with Crippen molar-refractivity contribution in [2.45, 2.75) is 19.3 Å². The van der Waals surface area contributed by atoms with E-state index in [1.165, 1.54) is 35.0 Å². The summed E-state index contributed by atoms with van der Waals surface area (Å²) in [6.45, 7) is -0.192. The summed E-state index contributed by atoms with van der Waals surface area (Å²) in [5.74, 6) is -0.953. The highest BCUT2D eigenvalue weighted by molar-refractivity contribution is 6.30. The van der Waals surface area contributed by atoms with Crippen molar-refractivity contribution in [2.24, 2.45) is 0 Å². The van der Waals surface area contributed by atoms with E-state index in [0.29, 0.717) is 16.6 Å². The average Bonchev–Trinajstić information content (AvgIpc) is 2.86. The van der Waals surface area contributed by atoms with Crippen molar-refractivity contribution < 1.29 is 27.4 Å². The molecule has 3 aromatic rings. The fraction of sp³-hybridized carbons (Fsp3) is 0.235. The molecular formula is C17H13ClF4N2O2. The third kappa shape index (κ3) is 4.08. The maximum atomic E-state index is 14.1. The predicted molar refractivity (Wildman–Crippen MR) is 87.7 cm³/mol. The van der Waals surface area contributed by atoms with Crippen molar-refractivity contribution in [3.8, 4) is 5.75 Å². The highest BCUT2D eigenvalue weighted by Gasteiger charge is 2.31. The van der Waals surface area contributed by atoms with Gasteiger partial charge in [-0.15, -0.1) is 13.2 Å². The zero-order valence-corrected chi connectivity index (χ0v) is 14.0. The van der Waals surface area contributed by atoms with Crippen LogP contribution in [0.25, 0.3) is 10.9 Å². The molecule has 0 saturated carbocycles. The van der Waals surface area contributed by atoms with E-state index < -0.39 is 17.9 Å². The van der Waals surface area contributed by atoms with Crippen LogP contribution in [0.2, 0.25) is 5.02 Å². The van der Waals surface area contributed by atoms with Crippen LogP contribution in [0.15, 0.2) is 36.4 Å². The van der Waals surface area contributed by atoms with E-state index in [1.807, 2.05) is 0 Å². The molecule has 0 aliphatic heterocycles. The Morgan fingerprint density at radius 3 is 2.58 bits per heavy atom. The maximum absolute atomic E-state index is 14.1. The minimum absolute atomic E-state index is 0.0135. The van der Waals surface area contributed by atoms with Crippen LogP contribution in [0.5, 0.6) is 5.75 Å². The summed E-state index contributed by atoms with van der Waals surface area (Å²) in [5, 5.41) is 14.3. The third-order valence-electron chi connectivity index (χ3n) is 3.72. The zero-order chi connectivity index (χ0) is 18.9. The number of hydrogen-bond acceptors (Lipinski definition) is 3. The largest absolute Gasteiger partial charge is 0.573 e. The molecule has 0 aliphatic carbocycles. The first-order valence-corrected chi connectivity index (χ1v) is 7.94. The Balaban J connectivity index is 2.05. The smallest absolute Gasteiger partial charge is 0.406 e. The van der Waals surface area contributed by atoms with Gasteiger partial charge in [0.15, 0.2) is 0 Å². The molecule has 1 aromatic heterocycles. The number of hydrogen-bond donors (Lipinski definition) is 1. The van der Waals surface area contributed by atoms with Gasteiger partial charge in [0.1, 0.15) is 11.6 Å². The van der Waals surface area contributed by atoms with E-state index in [4.69, 9.17) is 16.7 Å². The molecule has 138 valence electrons. The average molecular weight is 389 g/mol. The molecule has 3 rings (SSSR count). The summed E-state index contributed by atoms with van der Waals surface area (Å²) in [6, 6.07) is 7.93. The van der Waals surface area contributed by atoms with Crippen molar-refractivity contribution in [2.75, 3.05) is 6.61 Å². The van der Waals surface area contributed by atoms with Crippen molar-refractivity contribution in [1.29, 1.82) is 0 Å². The number of aliphatic hydroxyl groups excluding tert-OH is 1. The van der Waals surface area contributed by atoms with Crippen LogP contribution in [0.4, 0.5) is 17.6 Å². The van der Waals surface area contributed by atoms with Crippen LogP contribution < -0.4 is 4.74 Å². The number of fused-ring (bicyclic) bond motifs is 1. The van der Waals surface area contributed by atoms with Gasteiger partial charge in [-0.25, -0.2) is 4.39 Å². The van der Waals surface area contributed by atoms with Crippen molar-refractivity contribution >= 4 is 22.5 Å². The van der Waals surface area contributed by atoms with Gasteiger partial charge in [-0.2, -0.15) is 5.10 Å². The standard InChI is InChI=1S/C17H13ClF4N2O2/c18-11-2-1-10(14(19)7-11)9-24-16-8-12(26-17(20,21)22)3-4-13(16)15(23-24)5-6-25/h1-4,7-8,25H,5-6,9H2. The Kier molecular flexibility index (Phi) is 5.06. The molecule has 0 unspecified atom stereocenters. The number of aliphatic hydroxyl groups is 1. The summed E-state index contributed by atoms with van der Waals surface area (Å²) >= 11 is 5.73. The maximum Gasteiger partial charge on any atom is 0.573 e. The number of halogens is 5. The summed E-state index contributed by atoms with van der Waals surface area (Å²) in [5.41, 5.74) is 1.11. The molecule has 1 heterocycles. The number of benzene rings is 2. The molecule has 0 aliphatic rings. The number of aromatic nitrogens is 2. The second-order valence-corrected chi connectivity index (χ2v) is 5.98. The Bertz CT molecular complexity index is 940. The lowest BCUT2D eigenvalue weighted by Crippen LogP contribution is -2.17. The van der Waals surface area contributed by atoms with Crippen molar-refractivity contribution in [1.82, 2.24) is 9.78 Å². The first kappa shape index (κ1) is 18.5. The fourth-order valence-corrected chi connectivity index (χ4v) is 2.80. The Hall–Kier alpha value is -2.32. The number of nitrogens with zero attached hydrogens (tertiary/aromatic N) is 2.